The number of hydrogen-bond donors (Lipinski definition) is 3. The molecule has 1 aromatic heterocycles. The third-order valence-electron chi connectivity index (χ3n) is 3.13. The lowest BCUT2D eigenvalue weighted by atomic mass is 10.1. The van der Waals surface area contributed by atoms with Crippen LogP contribution in [0.4, 0.5) is 0 Å². The fourth-order valence-electron chi connectivity index (χ4n) is 2.05. The SMILES string of the molecule is O=C(CCNC(=O)c1ccsc1)NC1CCNCC1. The molecule has 104 valence electrons. The van der Waals surface area contributed by atoms with Gasteiger partial charge in [-0.3, -0.25) is 9.59 Å². The molecule has 1 fully saturated rings. The van der Waals surface area contributed by atoms with E-state index < -0.39 is 0 Å². The molecule has 2 rings (SSSR count). The minimum absolute atomic E-state index is 0.0116. The molecule has 1 saturated heterocycles. The second kappa shape index (κ2) is 7.25. The lowest BCUT2D eigenvalue weighted by molar-refractivity contribution is -0.121. The standard InChI is InChI=1S/C13H19N3O2S/c17-12(16-11-1-5-14-6-2-11)3-7-15-13(18)10-4-8-19-9-10/h4,8-9,11,14H,1-3,5-7H2,(H,15,18)(H,16,17). The van der Waals surface area contributed by atoms with Crippen LogP contribution in [-0.2, 0) is 4.79 Å². The van der Waals surface area contributed by atoms with Crippen LogP contribution in [0.25, 0.3) is 0 Å². The molecular formula is C13H19N3O2S. The van der Waals surface area contributed by atoms with Gasteiger partial charge in [0.05, 0.1) is 0 Å². The van der Waals surface area contributed by atoms with Gasteiger partial charge in [-0.2, -0.15) is 11.3 Å². The summed E-state index contributed by atoms with van der Waals surface area (Å²) in [4.78, 5) is 23.3. The van der Waals surface area contributed by atoms with Gasteiger partial charge in [-0.25, -0.2) is 0 Å². The molecule has 1 aromatic rings. The van der Waals surface area contributed by atoms with Crippen molar-refractivity contribution in [3.63, 3.8) is 0 Å². The molecular weight excluding hydrogens is 262 g/mol. The first-order chi connectivity index (χ1) is 9.25. The van der Waals surface area contributed by atoms with E-state index in [0.29, 0.717) is 18.5 Å². The van der Waals surface area contributed by atoms with Gasteiger partial charge >= 0.3 is 0 Å². The first-order valence-electron chi connectivity index (χ1n) is 6.56. The highest BCUT2D eigenvalue weighted by Gasteiger charge is 2.15. The molecule has 0 aromatic carbocycles. The van der Waals surface area contributed by atoms with E-state index in [1.165, 1.54) is 11.3 Å². The Morgan fingerprint density at radius 1 is 1.37 bits per heavy atom. The third kappa shape index (κ3) is 4.65. The van der Waals surface area contributed by atoms with Crippen molar-refractivity contribution in [2.45, 2.75) is 25.3 Å². The largest absolute Gasteiger partial charge is 0.353 e. The summed E-state index contributed by atoms with van der Waals surface area (Å²) in [7, 11) is 0. The Labute approximate surface area is 116 Å². The monoisotopic (exact) mass is 281 g/mol. The molecule has 2 heterocycles. The first kappa shape index (κ1) is 14.0. The molecule has 1 aliphatic heterocycles. The zero-order chi connectivity index (χ0) is 13.5. The number of carbonyl (C=O) groups excluding carboxylic acids is 2. The number of carbonyl (C=O) groups is 2. The molecule has 0 radical (unpaired) electrons. The van der Waals surface area contributed by atoms with Crippen molar-refractivity contribution in [1.29, 1.82) is 0 Å². The zero-order valence-corrected chi connectivity index (χ0v) is 11.6. The van der Waals surface area contributed by atoms with Crippen LogP contribution in [0, 0.1) is 0 Å². The first-order valence-corrected chi connectivity index (χ1v) is 7.50. The van der Waals surface area contributed by atoms with E-state index >= 15 is 0 Å². The minimum Gasteiger partial charge on any atom is -0.353 e. The van der Waals surface area contributed by atoms with Crippen molar-refractivity contribution in [2.75, 3.05) is 19.6 Å². The Balaban J connectivity index is 1.62. The topological polar surface area (TPSA) is 70.2 Å². The number of hydrogen-bond acceptors (Lipinski definition) is 4. The minimum atomic E-state index is -0.115. The van der Waals surface area contributed by atoms with Crippen molar-refractivity contribution in [1.82, 2.24) is 16.0 Å². The van der Waals surface area contributed by atoms with E-state index in [1.54, 1.807) is 11.4 Å². The van der Waals surface area contributed by atoms with Gasteiger partial charge in [0.1, 0.15) is 0 Å². The molecule has 5 nitrogen and oxygen atoms in total. The molecule has 0 saturated carbocycles. The maximum absolute atomic E-state index is 11.7. The van der Waals surface area contributed by atoms with Gasteiger partial charge < -0.3 is 16.0 Å². The van der Waals surface area contributed by atoms with Crippen molar-refractivity contribution in [3.05, 3.63) is 22.4 Å². The van der Waals surface area contributed by atoms with Gasteiger partial charge in [0.2, 0.25) is 5.91 Å². The molecule has 2 amide bonds. The molecule has 3 N–H and O–H groups in total. The fraction of sp³-hybridized carbons (Fsp3) is 0.538. The Hall–Kier alpha value is -1.40. The van der Waals surface area contributed by atoms with Crippen LogP contribution >= 0.6 is 11.3 Å². The average Bonchev–Trinajstić information content (AvgIpc) is 2.93. The predicted molar refractivity (Wildman–Crippen MR) is 75.3 cm³/mol. The summed E-state index contributed by atoms with van der Waals surface area (Å²) in [6.07, 6.45) is 2.29. The lowest BCUT2D eigenvalue weighted by Crippen LogP contribution is -2.43. The third-order valence-corrected chi connectivity index (χ3v) is 3.81. The van der Waals surface area contributed by atoms with E-state index in [9.17, 15) is 9.59 Å². The van der Waals surface area contributed by atoms with E-state index in [2.05, 4.69) is 16.0 Å². The van der Waals surface area contributed by atoms with E-state index in [-0.39, 0.29) is 17.9 Å². The van der Waals surface area contributed by atoms with Gasteiger partial charge in [0, 0.05) is 30.0 Å². The molecule has 0 aliphatic carbocycles. The van der Waals surface area contributed by atoms with Crippen molar-refractivity contribution in [2.24, 2.45) is 0 Å². The van der Waals surface area contributed by atoms with Crippen molar-refractivity contribution >= 4 is 23.2 Å². The molecule has 0 bridgehead atoms. The molecule has 1 aliphatic rings. The smallest absolute Gasteiger partial charge is 0.252 e. The van der Waals surface area contributed by atoms with E-state index in [1.807, 2.05) is 5.38 Å². The summed E-state index contributed by atoms with van der Waals surface area (Å²) >= 11 is 1.48. The summed E-state index contributed by atoms with van der Waals surface area (Å²) in [5.74, 6) is -0.103. The predicted octanol–water partition coefficient (Wildman–Crippen LogP) is 0.736. The van der Waals surface area contributed by atoms with Gasteiger partial charge in [0.25, 0.3) is 5.91 Å². The van der Waals surface area contributed by atoms with Gasteiger partial charge in [-0.15, -0.1) is 0 Å². The average molecular weight is 281 g/mol. The summed E-state index contributed by atoms with van der Waals surface area (Å²) in [6.45, 7) is 2.30. The summed E-state index contributed by atoms with van der Waals surface area (Å²) < 4.78 is 0. The summed E-state index contributed by atoms with van der Waals surface area (Å²) in [6, 6.07) is 2.05. The highest BCUT2D eigenvalue weighted by atomic mass is 32.1. The Morgan fingerprint density at radius 3 is 2.84 bits per heavy atom. The van der Waals surface area contributed by atoms with Gasteiger partial charge in [-0.05, 0) is 37.4 Å². The highest BCUT2D eigenvalue weighted by Crippen LogP contribution is 2.05. The van der Waals surface area contributed by atoms with Crippen molar-refractivity contribution in [3.8, 4) is 0 Å². The summed E-state index contributed by atoms with van der Waals surface area (Å²) in [5, 5.41) is 12.7. The quantitative estimate of drug-likeness (QED) is 0.745. The molecule has 0 spiro atoms. The second-order valence-electron chi connectivity index (χ2n) is 4.61. The highest BCUT2D eigenvalue weighted by molar-refractivity contribution is 7.08. The maximum atomic E-state index is 11.7. The van der Waals surface area contributed by atoms with Crippen LogP contribution in [0.5, 0.6) is 0 Å². The van der Waals surface area contributed by atoms with Crippen molar-refractivity contribution < 1.29 is 9.59 Å². The number of amides is 2. The lowest BCUT2D eigenvalue weighted by Gasteiger charge is -2.23. The second-order valence-corrected chi connectivity index (χ2v) is 5.39. The van der Waals surface area contributed by atoms with Gasteiger partial charge in [-0.1, -0.05) is 0 Å². The Bertz CT molecular complexity index is 414. The summed E-state index contributed by atoms with van der Waals surface area (Å²) in [5.41, 5.74) is 0.656. The van der Waals surface area contributed by atoms with E-state index in [0.717, 1.165) is 25.9 Å². The van der Waals surface area contributed by atoms with Crippen LogP contribution in [-0.4, -0.2) is 37.5 Å². The Kier molecular flexibility index (Phi) is 5.35. The molecule has 6 heteroatoms. The van der Waals surface area contributed by atoms with Crippen LogP contribution in [0.15, 0.2) is 16.8 Å². The zero-order valence-electron chi connectivity index (χ0n) is 10.8. The molecule has 19 heavy (non-hydrogen) atoms. The Morgan fingerprint density at radius 2 is 2.16 bits per heavy atom. The van der Waals surface area contributed by atoms with Crippen LogP contribution in [0.3, 0.4) is 0 Å². The molecule has 0 unspecified atom stereocenters. The van der Waals surface area contributed by atoms with Crippen LogP contribution in [0.2, 0.25) is 0 Å². The fourth-order valence-corrected chi connectivity index (χ4v) is 2.69. The molecule has 0 atom stereocenters. The normalized spacial score (nSPS) is 16.0. The number of piperidine rings is 1. The van der Waals surface area contributed by atoms with E-state index in [4.69, 9.17) is 0 Å². The number of nitrogens with one attached hydrogen (secondary N) is 3. The van der Waals surface area contributed by atoms with Gasteiger partial charge in [0.15, 0.2) is 0 Å². The number of rotatable bonds is 5. The maximum Gasteiger partial charge on any atom is 0.252 e. The van der Waals surface area contributed by atoms with Crippen LogP contribution in [0.1, 0.15) is 29.6 Å². The number of thiophene rings is 1. The van der Waals surface area contributed by atoms with Crippen LogP contribution < -0.4 is 16.0 Å².